The Morgan fingerprint density at radius 2 is 2.33 bits per heavy atom. The summed E-state index contributed by atoms with van der Waals surface area (Å²) in [4.78, 5) is 25.2. The summed E-state index contributed by atoms with van der Waals surface area (Å²) in [6.45, 7) is 3.88. The van der Waals surface area contributed by atoms with Gasteiger partial charge in [0.25, 0.3) is 11.6 Å². The molecule has 1 aromatic rings. The molecule has 0 aliphatic rings. The van der Waals surface area contributed by atoms with E-state index in [0.717, 1.165) is 6.20 Å². The fourth-order valence-electron chi connectivity index (χ4n) is 1.11. The molecule has 0 unspecified atom stereocenters. The van der Waals surface area contributed by atoms with Gasteiger partial charge in [0.05, 0.1) is 16.2 Å². The van der Waals surface area contributed by atoms with Gasteiger partial charge >= 0.3 is 0 Å². The molecule has 0 spiro atoms. The van der Waals surface area contributed by atoms with E-state index in [0.29, 0.717) is 12.2 Å². The maximum absolute atomic E-state index is 11.5. The van der Waals surface area contributed by atoms with E-state index in [1.54, 1.807) is 13.8 Å². The van der Waals surface area contributed by atoms with Crippen LogP contribution in [0.15, 0.2) is 12.3 Å². The highest BCUT2D eigenvalue weighted by molar-refractivity contribution is 5.95. The third-order valence-corrected chi connectivity index (χ3v) is 1.87. The minimum Gasteiger partial charge on any atom is -0.352 e. The molecule has 0 saturated heterocycles. The third kappa shape index (κ3) is 2.49. The summed E-state index contributed by atoms with van der Waals surface area (Å²) < 4.78 is 0. The topological polar surface area (TPSA) is 85.1 Å². The van der Waals surface area contributed by atoms with Gasteiger partial charge in [0.15, 0.2) is 0 Å². The smallest absolute Gasteiger partial charge is 0.288 e. The maximum Gasteiger partial charge on any atom is 0.288 e. The van der Waals surface area contributed by atoms with Crippen LogP contribution in [0.2, 0.25) is 0 Å². The lowest BCUT2D eigenvalue weighted by atomic mass is 10.2. The molecule has 1 rings (SSSR count). The number of carbonyl (C=O) groups is 1. The van der Waals surface area contributed by atoms with Crippen LogP contribution < -0.4 is 5.32 Å². The minimum atomic E-state index is -0.574. The summed E-state index contributed by atoms with van der Waals surface area (Å²) in [7, 11) is 0. The normalized spacial score (nSPS) is 9.73. The molecule has 0 fully saturated rings. The number of nitrogens with zero attached hydrogens (tertiary/aromatic N) is 2. The van der Waals surface area contributed by atoms with E-state index in [9.17, 15) is 14.9 Å². The second kappa shape index (κ2) is 4.50. The molecule has 0 atom stereocenters. The van der Waals surface area contributed by atoms with Gasteiger partial charge in [-0.3, -0.25) is 19.9 Å². The lowest BCUT2D eigenvalue weighted by Crippen LogP contribution is -2.23. The highest BCUT2D eigenvalue weighted by Gasteiger charge is 2.14. The van der Waals surface area contributed by atoms with Gasteiger partial charge in [-0.15, -0.1) is 0 Å². The molecule has 0 bridgehead atoms. The second-order valence-electron chi connectivity index (χ2n) is 2.94. The molecule has 1 amide bonds. The van der Waals surface area contributed by atoms with Gasteiger partial charge in [-0.05, 0) is 13.8 Å². The summed E-state index contributed by atoms with van der Waals surface area (Å²) in [6.07, 6.45) is 1.14. The highest BCUT2D eigenvalue weighted by Crippen LogP contribution is 2.14. The first-order valence-electron chi connectivity index (χ1n) is 4.45. The quantitative estimate of drug-likeness (QED) is 0.595. The number of carbonyl (C=O) groups excluding carboxylic acids is 1. The van der Waals surface area contributed by atoms with E-state index < -0.39 is 4.92 Å². The third-order valence-electron chi connectivity index (χ3n) is 1.87. The van der Waals surface area contributed by atoms with Crippen LogP contribution in [-0.4, -0.2) is 22.4 Å². The first kappa shape index (κ1) is 11.1. The molecule has 0 aliphatic heterocycles. The second-order valence-corrected chi connectivity index (χ2v) is 2.94. The fraction of sp³-hybridized carbons (Fsp3) is 0.333. The van der Waals surface area contributed by atoms with Crippen molar-refractivity contribution >= 4 is 11.6 Å². The Kier molecular flexibility index (Phi) is 3.33. The summed E-state index contributed by atoms with van der Waals surface area (Å²) in [5.41, 5.74) is 0.541. The molecule has 6 heteroatoms. The zero-order valence-corrected chi connectivity index (χ0v) is 8.48. The Bertz CT molecular complexity index is 404. The molecule has 0 aromatic carbocycles. The van der Waals surface area contributed by atoms with E-state index in [4.69, 9.17) is 0 Å². The van der Waals surface area contributed by atoms with E-state index >= 15 is 0 Å². The highest BCUT2D eigenvalue weighted by atomic mass is 16.6. The Labute approximate surface area is 86.5 Å². The monoisotopic (exact) mass is 209 g/mol. The van der Waals surface area contributed by atoms with Crippen molar-refractivity contribution in [2.75, 3.05) is 6.54 Å². The number of pyridine rings is 1. The first-order chi connectivity index (χ1) is 7.06. The molecule has 15 heavy (non-hydrogen) atoms. The van der Waals surface area contributed by atoms with Gasteiger partial charge in [0, 0.05) is 12.6 Å². The predicted molar refractivity (Wildman–Crippen MR) is 53.6 cm³/mol. The van der Waals surface area contributed by atoms with Crippen molar-refractivity contribution < 1.29 is 9.72 Å². The minimum absolute atomic E-state index is 0.179. The van der Waals surface area contributed by atoms with Gasteiger partial charge in [0.2, 0.25) is 0 Å². The zero-order chi connectivity index (χ0) is 11.4. The van der Waals surface area contributed by atoms with Crippen molar-refractivity contribution in [1.29, 1.82) is 0 Å². The van der Waals surface area contributed by atoms with Crippen molar-refractivity contribution in [2.45, 2.75) is 13.8 Å². The lowest BCUT2D eigenvalue weighted by molar-refractivity contribution is -0.385. The largest absolute Gasteiger partial charge is 0.352 e. The van der Waals surface area contributed by atoms with Crippen LogP contribution in [-0.2, 0) is 0 Å². The standard InChI is InChI=1S/C9H11N3O3/c1-3-10-9(13)8-4-7(12(14)15)5-11-6(8)2/h4-5H,3H2,1-2H3,(H,10,13). The number of aromatic nitrogens is 1. The number of hydrogen-bond acceptors (Lipinski definition) is 4. The molecular formula is C9H11N3O3. The summed E-state index contributed by atoms with van der Waals surface area (Å²) in [5.74, 6) is -0.341. The SMILES string of the molecule is CCNC(=O)c1cc([N+](=O)[O-])cnc1C. The van der Waals surface area contributed by atoms with Gasteiger partial charge in [-0.1, -0.05) is 0 Å². The first-order valence-corrected chi connectivity index (χ1v) is 4.45. The number of rotatable bonds is 3. The average molecular weight is 209 g/mol. The van der Waals surface area contributed by atoms with Crippen LogP contribution in [0.25, 0.3) is 0 Å². The van der Waals surface area contributed by atoms with E-state index in [-0.39, 0.29) is 17.2 Å². The van der Waals surface area contributed by atoms with Crippen molar-refractivity contribution in [3.8, 4) is 0 Å². The molecule has 6 nitrogen and oxygen atoms in total. The molecule has 80 valence electrons. The number of hydrogen-bond donors (Lipinski definition) is 1. The van der Waals surface area contributed by atoms with Gasteiger partial charge in [-0.2, -0.15) is 0 Å². The number of nitrogens with one attached hydrogen (secondary N) is 1. The van der Waals surface area contributed by atoms with Crippen LogP contribution in [0, 0.1) is 17.0 Å². The summed E-state index contributed by atoms with van der Waals surface area (Å²) in [6, 6.07) is 1.23. The average Bonchev–Trinajstić information content (AvgIpc) is 2.18. The van der Waals surface area contributed by atoms with Gasteiger partial charge < -0.3 is 5.32 Å². The number of nitro groups is 1. The van der Waals surface area contributed by atoms with Crippen molar-refractivity contribution in [3.63, 3.8) is 0 Å². The van der Waals surface area contributed by atoms with Crippen molar-refractivity contribution in [2.24, 2.45) is 0 Å². The molecule has 1 N–H and O–H groups in total. The Hall–Kier alpha value is -1.98. The number of amides is 1. The van der Waals surface area contributed by atoms with Crippen molar-refractivity contribution in [1.82, 2.24) is 10.3 Å². The van der Waals surface area contributed by atoms with E-state index in [1.807, 2.05) is 0 Å². The Balaban J connectivity index is 3.10. The molecule has 1 aromatic heterocycles. The number of aryl methyl sites for hydroxylation is 1. The van der Waals surface area contributed by atoms with Gasteiger partial charge in [0.1, 0.15) is 6.20 Å². The summed E-state index contributed by atoms with van der Waals surface area (Å²) in [5, 5.41) is 13.0. The van der Waals surface area contributed by atoms with Gasteiger partial charge in [-0.25, -0.2) is 0 Å². The van der Waals surface area contributed by atoms with Crippen LogP contribution in [0.4, 0.5) is 5.69 Å². The van der Waals surface area contributed by atoms with E-state index in [2.05, 4.69) is 10.3 Å². The molecule has 1 heterocycles. The molecule has 0 radical (unpaired) electrons. The van der Waals surface area contributed by atoms with Crippen molar-refractivity contribution in [3.05, 3.63) is 33.6 Å². The zero-order valence-electron chi connectivity index (χ0n) is 8.48. The molecular weight excluding hydrogens is 198 g/mol. The lowest BCUT2D eigenvalue weighted by Gasteiger charge is -2.04. The molecule has 0 aliphatic carbocycles. The van der Waals surface area contributed by atoms with Crippen LogP contribution >= 0.6 is 0 Å². The maximum atomic E-state index is 11.5. The fourth-order valence-corrected chi connectivity index (χ4v) is 1.11. The van der Waals surface area contributed by atoms with E-state index in [1.165, 1.54) is 6.07 Å². The van der Waals surface area contributed by atoms with Crippen LogP contribution in [0.1, 0.15) is 23.0 Å². The predicted octanol–water partition coefficient (Wildman–Crippen LogP) is 1.05. The Morgan fingerprint density at radius 3 is 2.87 bits per heavy atom. The van der Waals surface area contributed by atoms with Crippen LogP contribution in [0.3, 0.4) is 0 Å². The molecule has 0 saturated carbocycles. The Morgan fingerprint density at radius 1 is 1.67 bits per heavy atom. The van der Waals surface area contributed by atoms with Crippen LogP contribution in [0.5, 0.6) is 0 Å². The summed E-state index contributed by atoms with van der Waals surface area (Å²) >= 11 is 0.